The first-order chi connectivity index (χ1) is 17.4. The molecule has 2 heterocycles. The maximum absolute atomic E-state index is 13.6. The molecule has 36 heavy (non-hydrogen) atoms. The largest absolute Gasteiger partial charge is 0.454 e. The molecule has 9 heteroatoms. The first-order valence-electron chi connectivity index (χ1n) is 12.1. The molecule has 190 valence electrons. The van der Waals surface area contributed by atoms with Crippen LogP contribution in [0.3, 0.4) is 0 Å². The lowest BCUT2D eigenvalue weighted by Crippen LogP contribution is -2.49. The highest BCUT2D eigenvalue weighted by Crippen LogP contribution is 2.35. The number of benzene rings is 2. The second-order valence-electron chi connectivity index (χ2n) is 8.73. The van der Waals surface area contributed by atoms with Gasteiger partial charge in [0.2, 0.25) is 18.6 Å². The number of ether oxygens (including phenoxy) is 2. The van der Waals surface area contributed by atoms with Gasteiger partial charge in [0.25, 0.3) is 0 Å². The Labute approximate surface area is 210 Å². The van der Waals surface area contributed by atoms with E-state index < -0.39 is 6.04 Å². The van der Waals surface area contributed by atoms with E-state index in [1.165, 1.54) is 4.90 Å². The number of nitrogens with zero attached hydrogens (tertiary/aromatic N) is 3. The predicted molar refractivity (Wildman–Crippen MR) is 135 cm³/mol. The summed E-state index contributed by atoms with van der Waals surface area (Å²) in [6.07, 6.45) is 1.12. The average molecular weight is 493 g/mol. The van der Waals surface area contributed by atoms with Gasteiger partial charge in [-0.15, -0.1) is 0 Å². The molecule has 1 atom stereocenters. The third-order valence-electron chi connectivity index (χ3n) is 6.39. The lowest BCUT2D eigenvalue weighted by Gasteiger charge is -2.25. The minimum absolute atomic E-state index is 0.0306. The maximum atomic E-state index is 13.6. The van der Waals surface area contributed by atoms with Gasteiger partial charge in [0.1, 0.15) is 6.04 Å². The van der Waals surface area contributed by atoms with Gasteiger partial charge in [-0.25, -0.2) is 0 Å². The number of fused-ring (bicyclic) bond motifs is 1. The molecule has 0 unspecified atom stereocenters. The molecule has 0 saturated heterocycles. The minimum atomic E-state index is -0.770. The van der Waals surface area contributed by atoms with Crippen molar-refractivity contribution in [2.75, 3.05) is 25.3 Å². The zero-order valence-electron chi connectivity index (χ0n) is 20.9. The number of carbonyl (C=O) groups is 2. The van der Waals surface area contributed by atoms with Gasteiger partial charge in [-0.2, -0.15) is 5.10 Å². The normalized spacial score (nSPS) is 12.9. The van der Waals surface area contributed by atoms with E-state index >= 15 is 0 Å². The molecule has 1 aromatic heterocycles. The van der Waals surface area contributed by atoms with E-state index in [0.29, 0.717) is 36.6 Å². The highest BCUT2D eigenvalue weighted by atomic mass is 16.7. The maximum Gasteiger partial charge on any atom is 0.249 e. The third kappa shape index (κ3) is 5.52. The predicted octanol–water partition coefficient (Wildman–Crippen LogP) is 2.41. The number of amides is 2. The molecule has 1 aliphatic heterocycles. The van der Waals surface area contributed by atoms with Crippen molar-refractivity contribution in [2.24, 2.45) is 0 Å². The molecular weight excluding hydrogens is 460 g/mol. The standard InChI is InChI=1S/C27H32N4O5/c1-4-22-21(18(2)31(29-22)12-13-32)16-26(33)28-23(14-19-8-6-5-7-9-19)27(34)30(3)20-10-11-24-25(15-20)36-17-35-24/h5-11,15,23,32H,4,12-14,16-17H2,1-3H3,(H,28,33)/t23-/m0/s1. The second-order valence-corrected chi connectivity index (χ2v) is 8.73. The number of aromatic nitrogens is 2. The second kappa shape index (κ2) is 11.3. The van der Waals surface area contributed by atoms with Crippen LogP contribution >= 0.6 is 0 Å². The molecule has 2 N–H and O–H groups in total. The van der Waals surface area contributed by atoms with E-state index in [0.717, 1.165) is 22.5 Å². The van der Waals surface area contributed by atoms with Crippen molar-refractivity contribution >= 4 is 17.5 Å². The molecule has 0 saturated carbocycles. The number of anilines is 1. The van der Waals surface area contributed by atoms with E-state index in [2.05, 4.69) is 10.4 Å². The highest BCUT2D eigenvalue weighted by molar-refractivity contribution is 5.99. The van der Waals surface area contributed by atoms with E-state index in [1.807, 2.05) is 44.2 Å². The number of aliphatic hydroxyl groups excluding tert-OH is 1. The molecule has 0 bridgehead atoms. The molecule has 2 amide bonds. The quantitative estimate of drug-likeness (QED) is 0.450. The number of rotatable bonds is 10. The summed E-state index contributed by atoms with van der Waals surface area (Å²) < 4.78 is 12.5. The zero-order valence-corrected chi connectivity index (χ0v) is 20.9. The molecule has 0 fully saturated rings. The molecule has 1 aliphatic rings. The highest BCUT2D eigenvalue weighted by Gasteiger charge is 2.27. The Morgan fingerprint density at radius 3 is 2.64 bits per heavy atom. The molecule has 9 nitrogen and oxygen atoms in total. The molecule has 4 rings (SSSR count). The number of hydrogen-bond donors (Lipinski definition) is 2. The molecular formula is C27H32N4O5. The van der Waals surface area contributed by atoms with E-state index in [1.54, 1.807) is 29.9 Å². The van der Waals surface area contributed by atoms with Gasteiger partial charge in [0.15, 0.2) is 11.5 Å². The summed E-state index contributed by atoms with van der Waals surface area (Å²) >= 11 is 0. The molecule has 3 aromatic rings. The van der Waals surface area contributed by atoms with Gasteiger partial charge < -0.3 is 24.8 Å². The van der Waals surface area contributed by atoms with Crippen LogP contribution in [0.15, 0.2) is 48.5 Å². The van der Waals surface area contributed by atoms with Crippen LogP contribution in [0.4, 0.5) is 5.69 Å². The molecule has 2 aromatic carbocycles. The number of aryl methyl sites for hydroxylation is 1. The van der Waals surface area contributed by atoms with Gasteiger partial charge >= 0.3 is 0 Å². The van der Waals surface area contributed by atoms with Gasteiger partial charge in [0, 0.05) is 36.5 Å². The van der Waals surface area contributed by atoms with Crippen LogP contribution in [-0.2, 0) is 35.4 Å². The van der Waals surface area contributed by atoms with Crippen molar-refractivity contribution in [1.82, 2.24) is 15.1 Å². The number of nitrogens with one attached hydrogen (secondary N) is 1. The Kier molecular flexibility index (Phi) is 7.90. The molecule has 0 aliphatic carbocycles. The fourth-order valence-corrected chi connectivity index (χ4v) is 4.38. The first kappa shape index (κ1) is 25.2. The Balaban J connectivity index is 1.55. The summed E-state index contributed by atoms with van der Waals surface area (Å²) in [6, 6.07) is 14.2. The fourth-order valence-electron chi connectivity index (χ4n) is 4.38. The van der Waals surface area contributed by atoms with Gasteiger partial charge in [0.05, 0.1) is 25.3 Å². The summed E-state index contributed by atoms with van der Waals surface area (Å²) in [4.78, 5) is 28.3. The SMILES string of the molecule is CCc1nn(CCO)c(C)c1CC(=O)N[C@@H](Cc1ccccc1)C(=O)N(C)c1ccc2c(c1)OCO2. The van der Waals surface area contributed by atoms with Crippen molar-refractivity contribution in [2.45, 2.75) is 45.7 Å². The third-order valence-corrected chi connectivity index (χ3v) is 6.39. The summed E-state index contributed by atoms with van der Waals surface area (Å²) in [5.41, 5.74) is 4.08. The van der Waals surface area contributed by atoms with E-state index in [9.17, 15) is 14.7 Å². The van der Waals surface area contributed by atoms with Crippen LogP contribution in [0.1, 0.15) is 29.4 Å². The van der Waals surface area contributed by atoms with Crippen LogP contribution in [0.25, 0.3) is 0 Å². The van der Waals surface area contributed by atoms with Crippen LogP contribution in [0, 0.1) is 6.92 Å². The zero-order chi connectivity index (χ0) is 25.7. The van der Waals surface area contributed by atoms with Crippen LogP contribution in [0.2, 0.25) is 0 Å². The number of hydrogen-bond acceptors (Lipinski definition) is 6. The Morgan fingerprint density at radius 2 is 1.92 bits per heavy atom. The van der Waals surface area contributed by atoms with Crippen molar-refractivity contribution in [3.63, 3.8) is 0 Å². The monoisotopic (exact) mass is 492 g/mol. The molecule has 0 radical (unpaired) electrons. The smallest absolute Gasteiger partial charge is 0.249 e. The number of aliphatic hydroxyl groups is 1. The number of carbonyl (C=O) groups excluding carboxylic acids is 2. The van der Waals surface area contributed by atoms with Gasteiger partial charge in [-0.05, 0) is 31.0 Å². The summed E-state index contributed by atoms with van der Waals surface area (Å²) in [7, 11) is 1.68. The first-order valence-corrected chi connectivity index (χ1v) is 12.1. The topological polar surface area (TPSA) is 106 Å². The summed E-state index contributed by atoms with van der Waals surface area (Å²) in [6.45, 7) is 4.36. The Morgan fingerprint density at radius 1 is 1.17 bits per heavy atom. The Bertz CT molecular complexity index is 1220. The van der Waals surface area contributed by atoms with E-state index in [-0.39, 0.29) is 31.6 Å². The van der Waals surface area contributed by atoms with Crippen molar-refractivity contribution in [1.29, 1.82) is 0 Å². The van der Waals surface area contributed by atoms with Crippen molar-refractivity contribution in [3.05, 3.63) is 71.0 Å². The van der Waals surface area contributed by atoms with Crippen LogP contribution < -0.4 is 19.7 Å². The van der Waals surface area contributed by atoms with Gasteiger partial charge in [-0.1, -0.05) is 37.3 Å². The average Bonchev–Trinajstić information content (AvgIpc) is 3.47. The van der Waals surface area contributed by atoms with E-state index in [4.69, 9.17) is 9.47 Å². The van der Waals surface area contributed by atoms with Crippen molar-refractivity contribution < 1.29 is 24.2 Å². The lowest BCUT2D eigenvalue weighted by molar-refractivity contribution is -0.127. The summed E-state index contributed by atoms with van der Waals surface area (Å²) in [5.74, 6) is 0.718. The Hall–Kier alpha value is -3.85. The van der Waals surface area contributed by atoms with Crippen LogP contribution in [0.5, 0.6) is 11.5 Å². The number of likely N-dealkylation sites (N-methyl/N-ethyl adjacent to an activating group) is 1. The van der Waals surface area contributed by atoms with Gasteiger partial charge in [-0.3, -0.25) is 14.3 Å². The molecule has 0 spiro atoms. The fraction of sp³-hybridized carbons (Fsp3) is 0.370. The summed E-state index contributed by atoms with van der Waals surface area (Å²) in [5, 5.41) is 16.8. The lowest BCUT2D eigenvalue weighted by atomic mass is 10.0. The minimum Gasteiger partial charge on any atom is -0.454 e. The van der Waals surface area contributed by atoms with Crippen molar-refractivity contribution in [3.8, 4) is 11.5 Å². The van der Waals surface area contributed by atoms with Crippen LogP contribution in [-0.4, -0.2) is 53.2 Å².